The van der Waals surface area contributed by atoms with Crippen molar-refractivity contribution < 1.29 is 0 Å². The van der Waals surface area contributed by atoms with Gasteiger partial charge >= 0.3 is 0 Å². The van der Waals surface area contributed by atoms with E-state index in [4.69, 9.17) is 17.2 Å². The first kappa shape index (κ1) is 12.7. The maximum atomic E-state index is 5.76. The lowest BCUT2D eigenvalue weighted by atomic mass is 10.2. The van der Waals surface area contributed by atoms with Crippen LogP contribution < -0.4 is 17.2 Å². The molecule has 0 spiro atoms. The third kappa shape index (κ3) is 2.90. The van der Waals surface area contributed by atoms with Crippen molar-refractivity contribution in [1.82, 2.24) is 19.7 Å². The van der Waals surface area contributed by atoms with Gasteiger partial charge in [0.25, 0.3) is 0 Å². The van der Waals surface area contributed by atoms with Gasteiger partial charge in [-0.05, 0) is 0 Å². The van der Waals surface area contributed by atoms with E-state index in [0.717, 1.165) is 5.56 Å². The zero-order valence-corrected chi connectivity index (χ0v) is 10.8. The highest BCUT2D eigenvalue weighted by atomic mass is 32.2. The number of aryl methyl sites for hydroxylation is 1. The number of thioether (sulfide) groups is 1. The molecule has 0 aliphatic heterocycles. The molecule has 0 aromatic carbocycles. The van der Waals surface area contributed by atoms with E-state index in [9.17, 15) is 0 Å². The fourth-order valence-electron chi connectivity index (χ4n) is 1.50. The third-order valence-electron chi connectivity index (χ3n) is 2.30. The summed E-state index contributed by atoms with van der Waals surface area (Å²) in [4.78, 5) is 8.24. The van der Waals surface area contributed by atoms with Crippen molar-refractivity contribution in [1.29, 1.82) is 0 Å². The summed E-state index contributed by atoms with van der Waals surface area (Å²) in [7, 11) is 1.86. The lowest BCUT2D eigenvalue weighted by Gasteiger charge is -2.11. The number of rotatable bonds is 4. The van der Waals surface area contributed by atoms with Gasteiger partial charge in [0.15, 0.2) is 5.16 Å². The van der Waals surface area contributed by atoms with Crippen LogP contribution in [0, 0.1) is 0 Å². The Morgan fingerprint density at radius 2 is 2.00 bits per heavy atom. The van der Waals surface area contributed by atoms with E-state index in [1.54, 1.807) is 10.9 Å². The van der Waals surface area contributed by atoms with E-state index in [1.807, 2.05) is 13.2 Å². The highest BCUT2D eigenvalue weighted by Gasteiger charge is 2.15. The summed E-state index contributed by atoms with van der Waals surface area (Å²) in [6.45, 7) is 0.453. The Bertz CT molecular complexity index is 519. The largest absolute Gasteiger partial charge is 0.383 e. The second kappa shape index (κ2) is 5.23. The zero-order valence-electron chi connectivity index (χ0n) is 9.95. The van der Waals surface area contributed by atoms with Gasteiger partial charge in [-0.2, -0.15) is 5.10 Å². The molecule has 96 valence electrons. The summed E-state index contributed by atoms with van der Waals surface area (Å²) in [5.74, 6) is 0.707. The Morgan fingerprint density at radius 3 is 2.50 bits per heavy atom. The maximum absolute atomic E-state index is 5.76. The number of hydrogen-bond donors (Lipinski definition) is 3. The average Bonchev–Trinajstić information content (AvgIpc) is 2.71. The number of nitrogens with two attached hydrogens (primary N) is 3. The minimum atomic E-state index is 0.0277. The maximum Gasteiger partial charge on any atom is 0.192 e. The van der Waals surface area contributed by atoms with E-state index in [2.05, 4.69) is 15.1 Å². The lowest BCUT2D eigenvalue weighted by Crippen LogP contribution is -2.10. The Balaban J connectivity index is 2.20. The fourth-order valence-corrected chi connectivity index (χ4v) is 2.43. The molecule has 2 heterocycles. The van der Waals surface area contributed by atoms with Crippen LogP contribution in [0.3, 0.4) is 0 Å². The van der Waals surface area contributed by atoms with Gasteiger partial charge in [-0.25, -0.2) is 9.97 Å². The summed E-state index contributed by atoms with van der Waals surface area (Å²) < 4.78 is 1.73. The molecule has 0 saturated heterocycles. The van der Waals surface area contributed by atoms with Gasteiger partial charge in [0.2, 0.25) is 0 Å². The molecule has 0 aliphatic rings. The highest BCUT2D eigenvalue weighted by Crippen LogP contribution is 2.32. The summed E-state index contributed by atoms with van der Waals surface area (Å²) in [6.07, 6.45) is 3.69. The predicted octanol–water partition coefficient (Wildman–Crippen LogP) is 0.167. The molecule has 2 aromatic heterocycles. The molecular weight excluding hydrogens is 250 g/mol. The second-order valence-electron chi connectivity index (χ2n) is 3.79. The molecule has 18 heavy (non-hydrogen) atoms. The van der Waals surface area contributed by atoms with Crippen LogP contribution in [0.5, 0.6) is 0 Å². The zero-order chi connectivity index (χ0) is 13.1. The molecule has 0 radical (unpaired) electrons. The van der Waals surface area contributed by atoms with Crippen LogP contribution in [0.15, 0.2) is 23.6 Å². The predicted molar refractivity (Wildman–Crippen MR) is 71.7 cm³/mol. The van der Waals surface area contributed by atoms with E-state index < -0.39 is 0 Å². The van der Waals surface area contributed by atoms with Crippen LogP contribution in [-0.2, 0) is 7.05 Å². The number of nitrogen functional groups attached to an aromatic ring is 2. The number of nitrogens with zero attached hydrogens (tertiary/aromatic N) is 4. The van der Waals surface area contributed by atoms with Crippen molar-refractivity contribution in [3.63, 3.8) is 0 Å². The van der Waals surface area contributed by atoms with E-state index in [-0.39, 0.29) is 5.25 Å². The molecule has 0 aliphatic carbocycles. The Hall–Kier alpha value is -1.80. The molecule has 0 saturated carbocycles. The monoisotopic (exact) mass is 265 g/mol. The molecule has 1 atom stereocenters. The number of aromatic nitrogens is 4. The third-order valence-corrected chi connectivity index (χ3v) is 3.45. The van der Waals surface area contributed by atoms with Crippen molar-refractivity contribution in [2.45, 2.75) is 10.4 Å². The number of anilines is 2. The first-order chi connectivity index (χ1) is 8.58. The van der Waals surface area contributed by atoms with E-state index in [1.165, 1.54) is 17.8 Å². The fraction of sp³-hybridized carbons (Fsp3) is 0.300. The molecule has 1 unspecified atom stereocenters. The Morgan fingerprint density at radius 1 is 1.33 bits per heavy atom. The van der Waals surface area contributed by atoms with Crippen molar-refractivity contribution in [2.75, 3.05) is 18.0 Å². The van der Waals surface area contributed by atoms with E-state index in [0.29, 0.717) is 23.3 Å². The smallest absolute Gasteiger partial charge is 0.192 e. The molecule has 0 fully saturated rings. The molecular formula is C10H15N7S. The first-order valence-electron chi connectivity index (χ1n) is 5.34. The highest BCUT2D eigenvalue weighted by molar-refractivity contribution is 7.99. The van der Waals surface area contributed by atoms with Crippen LogP contribution >= 0.6 is 11.8 Å². The molecule has 2 aromatic rings. The second-order valence-corrected chi connectivity index (χ2v) is 4.96. The summed E-state index contributed by atoms with van der Waals surface area (Å²) in [6, 6.07) is 1.52. The van der Waals surface area contributed by atoms with Gasteiger partial charge in [-0.3, -0.25) is 4.68 Å². The topological polar surface area (TPSA) is 122 Å². The molecule has 8 heteroatoms. The SMILES string of the molecule is Cn1cc(C(CN)Sc2nc(N)cc(N)n2)cn1. The van der Waals surface area contributed by atoms with Crippen molar-refractivity contribution >= 4 is 23.4 Å². The average molecular weight is 265 g/mol. The summed E-state index contributed by atoms with van der Waals surface area (Å²) >= 11 is 1.42. The molecule has 0 amide bonds. The molecule has 7 nitrogen and oxygen atoms in total. The van der Waals surface area contributed by atoms with Crippen molar-refractivity contribution in [2.24, 2.45) is 12.8 Å². The summed E-state index contributed by atoms with van der Waals surface area (Å²) in [5.41, 5.74) is 18.0. The van der Waals surface area contributed by atoms with E-state index >= 15 is 0 Å². The molecule has 0 bridgehead atoms. The van der Waals surface area contributed by atoms with Crippen LogP contribution in [0.25, 0.3) is 0 Å². The quantitative estimate of drug-likeness (QED) is 0.532. The van der Waals surface area contributed by atoms with Crippen LogP contribution in [0.2, 0.25) is 0 Å². The first-order valence-corrected chi connectivity index (χ1v) is 6.21. The van der Waals surface area contributed by atoms with Crippen molar-refractivity contribution in [3.05, 3.63) is 24.0 Å². The van der Waals surface area contributed by atoms with Crippen LogP contribution in [0.4, 0.5) is 11.6 Å². The minimum absolute atomic E-state index is 0.0277. The van der Waals surface area contributed by atoms with Crippen LogP contribution in [0.1, 0.15) is 10.8 Å². The van der Waals surface area contributed by atoms with Gasteiger partial charge in [0.1, 0.15) is 11.6 Å². The molecule has 2 rings (SSSR count). The van der Waals surface area contributed by atoms with Gasteiger partial charge in [-0.1, -0.05) is 11.8 Å². The van der Waals surface area contributed by atoms with Gasteiger partial charge in [0.05, 0.1) is 11.4 Å². The van der Waals surface area contributed by atoms with Gasteiger partial charge < -0.3 is 17.2 Å². The normalized spacial score (nSPS) is 12.6. The van der Waals surface area contributed by atoms with Crippen LogP contribution in [-0.4, -0.2) is 26.3 Å². The minimum Gasteiger partial charge on any atom is -0.383 e. The van der Waals surface area contributed by atoms with Gasteiger partial charge in [-0.15, -0.1) is 0 Å². The number of hydrogen-bond acceptors (Lipinski definition) is 7. The Labute approximate surface area is 109 Å². The van der Waals surface area contributed by atoms with Gasteiger partial charge in [0, 0.05) is 31.4 Å². The lowest BCUT2D eigenvalue weighted by molar-refractivity contribution is 0.766. The van der Waals surface area contributed by atoms with Crippen molar-refractivity contribution in [3.8, 4) is 0 Å². The summed E-state index contributed by atoms with van der Waals surface area (Å²) in [5, 5.41) is 4.67. The Kier molecular flexibility index (Phi) is 3.68. The standard InChI is InChI=1S/C10H15N7S/c1-17-5-6(4-14-17)7(3-11)18-10-15-8(12)2-9(13)16-10/h2,4-5,7H,3,11H2,1H3,(H4,12,13,15,16). The molecule has 6 N–H and O–H groups in total.